The third-order valence-electron chi connectivity index (χ3n) is 26.2. The van der Waals surface area contributed by atoms with E-state index in [9.17, 15) is 0 Å². The fraction of sp³-hybridized carbons (Fsp3) is 0.680. The molecule has 0 unspecified atom stereocenters. The van der Waals surface area contributed by atoms with Gasteiger partial charge in [0.1, 0.15) is 49.2 Å². The zero-order chi connectivity index (χ0) is 94.3. The number of quaternary nitrogens is 4. The molecule has 0 fully saturated rings. The van der Waals surface area contributed by atoms with Crippen LogP contribution in [0.2, 0.25) is 20.1 Å². The Balaban J connectivity index is 0.0000190. The van der Waals surface area contributed by atoms with Gasteiger partial charge in [0.15, 0.2) is 23.2 Å². The predicted molar refractivity (Wildman–Crippen MR) is 543 cm³/mol. The summed E-state index contributed by atoms with van der Waals surface area (Å²) in [5, 5.41) is 4.88. The van der Waals surface area contributed by atoms with E-state index < -0.39 is 0 Å². The number of rotatable bonds is 56. The Morgan fingerprint density at radius 2 is 0.708 bits per heavy atom. The number of halogens is 4. The van der Waals surface area contributed by atoms with Gasteiger partial charge in [0, 0.05) is 87.6 Å². The van der Waals surface area contributed by atoms with Crippen molar-refractivity contribution in [3.63, 3.8) is 0 Å². The number of ether oxygens (including phenoxy) is 8. The van der Waals surface area contributed by atoms with Crippen molar-refractivity contribution < 1.29 is 83.4 Å². The van der Waals surface area contributed by atoms with E-state index in [1.807, 2.05) is 0 Å². The summed E-state index contributed by atoms with van der Waals surface area (Å²) in [6.07, 6.45) is 4.30. The number of aromatic nitrogens is 4. The quantitative estimate of drug-likeness (QED) is 0.0200. The Morgan fingerprint density at radius 1 is 0.369 bits per heavy atom. The topological polar surface area (TPSA) is 174 Å². The van der Waals surface area contributed by atoms with Crippen molar-refractivity contribution in [3.8, 4) is 34.5 Å². The molecule has 4 aliphatic heterocycles. The first-order valence-electron chi connectivity index (χ1n) is 48.2. The van der Waals surface area contributed by atoms with Crippen molar-refractivity contribution in [1.29, 1.82) is 0 Å². The molecule has 1 radical (unpaired) electrons. The van der Waals surface area contributed by atoms with Crippen LogP contribution in [0.15, 0.2) is 44.2 Å². The van der Waals surface area contributed by atoms with Crippen LogP contribution >= 0.6 is 93.5 Å². The van der Waals surface area contributed by atoms with Crippen LogP contribution in [0.4, 0.5) is 11.6 Å². The summed E-state index contributed by atoms with van der Waals surface area (Å²) in [6.45, 7) is 67.2. The first kappa shape index (κ1) is 109. The fourth-order valence-electron chi connectivity index (χ4n) is 15.4. The van der Waals surface area contributed by atoms with E-state index in [2.05, 4.69) is 194 Å². The number of benzene rings is 4. The number of aliphatic imine (C=N–C) groups is 2. The molecular weight excluding hydrogens is 1830 g/mol. The Morgan fingerprint density at radius 3 is 1.12 bits per heavy atom. The molecule has 10 rings (SSSR count). The van der Waals surface area contributed by atoms with Gasteiger partial charge in [-0.2, -0.15) is 9.62 Å². The summed E-state index contributed by atoms with van der Waals surface area (Å²) in [6, 6.07) is 0. The summed E-state index contributed by atoms with van der Waals surface area (Å²) in [4.78, 5) is 39.4. The first-order valence-corrected chi connectivity index (χ1v) is 53.7. The first-order chi connectivity index (χ1) is 61.3. The molecule has 6 bridgehead atoms. The Hall–Kier alpha value is -4.26. The van der Waals surface area contributed by atoms with Crippen LogP contribution in [0.25, 0.3) is 38.0 Å². The average molecular weight is 1990 g/mol. The van der Waals surface area contributed by atoms with Gasteiger partial charge in [-0.25, -0.2) is 4.99 Å². The van der Waals surface area contributed by atoms with Gasteiger partial charge in [-0.15, -0.1) is 52.0 Å². The minimum atomic E-state index is 0. The summed E-state index contributed by atoms with van der Waals surface area (Å²) >= 11 is 40.3. The molecule has 6 aromatic rings. The standard InChI is InChI=1S/C100H156Cl4N12O9S4.V/c1-29-113(25,30-2)43-53-126-89-70(60-118-58-68(23)24)71-73(83(80(89)102)119-47-37-61(9)10)94-105-93(71)108-97-72-69(59-117-57-67(21)22)79(101)90(127-54-44-114(26,31-3)32-4)87(123-51-41-65(17)18)76(72)99-110-100-77-78(88(124-52-42-66(19)20)92(129-56-46-116(28,35-7)36-8)82(104)85(77)121-49-39-63(13)14)98(112(100)125-111(97)99)109-96-74-75(95(106-94)107-96)86(122-50-40-64(15)16)91(128-55-45-115(27,33-5)34-6)81(103)84(74)120-48-38-62(11)12;/h61-68H,29-60H2,1-28H3;/q+4;. The second-order valence-corrected chi connectivity index (χ2v) is 45.7. The maximum atomic E-state index is 8.45. The molecule has 130 heavy (non-hydrogen) atoms. The maximum Gasteiger partial charge on any atom is 0.287 e. The van der Waals surface area contributed by atoms with Crippen molar-refractivity contribution in [2.24, 2.45) is 67.3 Å². The zero-order valence-electron chi connectivity index (χ0n) is 83.9. The van der Waals surface area contributed by atoms with Gasteiger partial charge in [-0.1, -0.05) is 162 Å². The maximum absolute atomic E-state index is 8.45. The number of hydrogen-bond acceptors (Lipinski definition) is 18. The number of thioether (sulfide) groups is 4. The molecule has 4 aliphatic rings. The molecule has 723 valence electrons. The van der Waals surface area contributed by atoms with Crippen molar-refractivity contribution in [2.45, 2.75) is 237 Å². The van der Waals surface area contributed by atoms with E-state index in [4.69, 9.17) is 119 Å². The van der Waals surface area contributed by atoms with Crippen LogP contribution in [-0.4, -0.2) is 222 Å². The summed E-state index contributed by atoms with van der Waals surface area (Å²) < 4.78 is 73.9. The summed E-state index contributed by atoms with van der Waals surface area (Å²) in [5.74, 6) is 8.39. The van der Waals surface area contributed by atoms with E-state index in [1.165, 1.54) is 0 Å². The minimum absolute atomic E-state index is 0. The van der Waals surface area contributed by atoms with Gasteiger partial charge >= 0.3 is 0 Å². The van der Waals surface area contributed by atoms with Crippen molar-refractivity contribution >= 4 is 155 Å². The molecule has 30 heteroatoms. The SMILES string of the molecule is CC[N+](C)(CC)CCSc1c(Cl)c(OCCC(C)C)c2c(c1COCC(C)C)C1=NC2=Nc2[n-]c(c3c(OCCC(C)C)c(Cl)c(SCC[N+](C)(CC)CC)c(OCCC(C)C)c23)N=c2c3c(OCCC(C)C)c(SCC[N+](C)(CC)CC)c(Cl)c(OCCC(C)C)c3c3nc4c5c(OCCC(C)C)c(SCC[N+](C)(CC)CC)c(Cl)c(COCC(C)C)c5c(n4o[n+]2=3)=N1.[V]. The van der Waals surface area contributed by atoms with Crippen molar-refractivity contribution in [3.05, 3.63) is 58.8 Å². The molecule has 0 amide bonds. The second kappa shape index (κ2) is 49.3. The molecule has 4 aromatic carbocycles. The molecule has 0 atom stereocenters. The second-order valence-electron chi connectivity index (χ2n) is 39.7. The van der Waals surface area contributed by atoms with Crippen LogP contribution < -0.4 is 48.8 Å². The largest absolute Gasteiger partial charge is 0.492 e. The van der Waals surface area contributed by atoms with Gasteiger partial charge in [0.05, 0.1) is 206 Å². The van der Waals surface area contributed by atoms with Crippen LogP contribution in [0.5, 0.6) is 34.5 Å². The Labute approximate surface area is 826 Å². The third kappa shape index (κ3) is 26.0. The fourth-order valence-corrected chi connectivity index (χ4v) is 22.0. The molecule has 0 saturated heterocycles. The molecule has 21 nitrogen and oxygen atoms in total. The van der Waals surface area contributed by atoms with E-state index in [-0.39, 0.29) is 113 Å². The number of fused-ring (bicyclic) bond motifs is 15. The predicted octanol–water partition coefficient (Wildman–Crippen LogP) is 24.1. The van der Waals surface area contributed by atoms with Gasteiger partial charge in [-0.05, 0) is 150 Å². The zero-order valence-corrected chi connectivity index (χ0v) is 91.6. The van der Waals surface area contributed by atoms with Crippen molar-refractivity contribution in [1.82, 2.24) is 14.5 Å². The number of hydrogen-bond donors (Lipinski definition) is 0. The van der Waals surface area contributed by atoms with Gasteiger partial charge in [0.25, 0.3) is 16.6 Å². The average Bonchev–Trinajstić information content (AvgIpc) is 1.53. The van der Waals surface area contributed by atoms with E-state index >= 15 is 0 Å². The normalized spacial score (nSPS) is 13.4. The number of amidine groups is 2. The van der Waals surface area contributed by atoms with Gasteiger partial charge in [-0.3, -0.25) is 0 Å². The molecule has 0 saturated carbocycles. The van der Waals surface area contributed by atoms with Crippen LogP contribution in [0.1, 0.15) is 227 Å². The van der Waals surface area contributed by atoms with E-state index in [0.29, 0.717) is 226 Å². The summed E-state index contributed by atoms with van der Waals surface area (Å²) in [5.41, 5.74) is 3.78. The third-order valence-corrected chi connectivity index (χ3v) is 32.4. The van der Waals surface area contributed by atoms with Crippen LogP contribution in [0.3, 0.4) is 0 Å². The van der Waals surface area contributed by atoms with Crippen LogP contribution in [-0.2, 0) is 41.2 Å². The minimum Gasteiger partial charge on any atom is -0.492 e. The smallest absolute Gasteiger partial charge is 0.287 e. The van der Waals surface area contributed by atoms with E-state index in [1.54, 1.807) is 56.0 Å². The molecular formula is C100H156Cl4N12O9S4V+4. The van der Waals surface area contributed by atoms with Gasteiger partial charge < -0.3 is 65.8 Å². The van der Waals surface area contributed by atoms with Crippen LogP contribution in [0, 0.1) is 52.8 Å². The Kier molecular flexibility index (Phi) is 41.5. The molecule has 6 heterocycles. The molecule has 2 aromatic heterocycles. The van der Waals surface area contributed by atoms with Crippen molar-refractivity contribution in [2.75, 3.05) is 183 Å². The van der Waals surface area contributed by atoms with E-state index in [0.717, 1.165) is 125 Å². The Bertz CT molecular complexity index is 5410. The van der Waals surface area contributed by atoms with Gasteiger partial charge in [0.2, 0.25) is 5.49 Å². The summed E-state index contributed by atoms with van der Waals surface area (Å²) in [7, 11) is 9.26. The monoisotopic (exact) mass is 1990 g/mol. The molecule has 0 aliphatic carbocycles. The molecule has 0 N–H and O–H groups in total. The molecule has 0 spiro atoms. The number of nitrogens with zero attached hydrogens (tertiary/aromatic N) is 12.